The van der Waals surface area contributed by atoms with Crippen LogP contribution in [0.1, 0.15) is 0 Å². The molecule has 0 aromatic rings. The van der Waals surface area contributed by atoms with Crippen molar-refractivity contribution >= 4 is 5.97 Å². The van der Waals surface area contributed by atoms with Gasteiger partial charge in [-0.1, -0.05) is 0 Å². The van der Waals surface area contributed by atoms with E-state index in [1.54, 1.807) is 0 Å². The van der Waals surface area contributed by atoms with E-state index < -0.39 is 5.97 Å². The Kier molecular flexibility index (Phi) is 7.12. The molecule has 3 heteroatoms. The van der Waals surface area contributed by atoms with Gasteiger partial charge in [-0.3, -0.25) is 11.7 Å². The Morgan fingerprint density at radius 1 is 1.80 bits per heavy atom. The molecule has 34 valence electrons. The Balaban J connectivity index is 0. The fourth-order valence-electron chi connectivity index (χ4n) is 0. The molecule has 0 rings (SSSR count). The van der Waals surface area contributed by atoms with E-state index in [2.05, 4.69) is 6.92 Å². The molecule has 0 spiro atoms. The summed E-state index contributed by atoms with van der Waals surface area (Å²) in [5, 5.41) is 7.31. The Labute approximate surface area is 43.8 Å². The van der Waals surface area contributed by atoms with Crippen molar-refractivity contribution in [1.29, 1.82) is 0 Å². The number of carboxylic acids is 1. The fourth-order valence-corrected chi connectivity index (χ4v) is 0. The molecule has 0 atom stereocenters. The van der Waals surface area contributed by atoms with E-state index in [1.807, 2.05) is 0 Å². The van der Waals surface area contributed by atoms with Crippen LogP contribution in [-0.4, -0.2) is 11.1 Å². The first-order chi connectivity index (χ1) is 1.73. The van der Waals surface area contributed by atoms with Crippen molar-refractivity contribution in [1.82, 2.24) is 0 Å². The maximum atomic E-state index is 8.89. The first kappa shape index (κ1) is 8.89. The van der Waals surface area contributed by atoms with Crippen molar-refractivity contribution in [3.8, 4) is 0 Å². The van der Waals surface area contributed by atoms with Crippen LogP contribution < -0.4 is 0 Å². The summed E-state index contributed by atoms with van der Waals surface area (Å²) in [5.74, 6) is -1.08. The van der Waals surface area contributed by atoms with Crippen LogP contribution in [0.15, 0.2) is 0 Å². The molecule has 0 aliphatic carbocycles. The van der Waals surface area contributed by atoms with Crippen LogP contribution in [0.5, 0.6) is 0 Å². The minimum atomic E-state index is -1.08. The quantitative estimate of drug-likeness (QED) is 0.402. The maximum Gasteiger partial charge on any atom is 0.161 e. The monoisotopic (exact) mass is 165 g/mol. The van der Waals surface area contributed by atoms with E-state index in [1.165, 1.54) is 0 Å². The summed E-state index contributed by atoms with van der Waals surface area (Å²) in [6, 6.07) is 0. The summed E-state index contributed by atoms with van der Waals surface area (Å²) in [4.78, 5) is 8.89. The van der Waals surface area contributed by atoms with Gasteiger partial charge in [0.2, 0.25) is 0 Å². The summed E-state index contributed by atoms with van der Waals surface area (Å²) < 4.78 is 0. The molecule has 0 aliphatic rings. The van der Waals surface area contributed by atoms with Crippen molar-refractivity contribution in [3.63, 3.8) is 0 Å². The van der Waals surface area contributed by atoms with Gasteiger partial charge in [-0.2, -0.15) is 0 Å². The summed E-state index contributed by atoms with van der Waals surface area (Å²) >= 11 is 0. The Hall–Kier alpha value is 0.00234. The molecule has 0 aromatic heterocycles. The van der Waals surface area contributed by atoms with Crippen molar-refractivity contribution in [2.75, 3.05) is 0 Å². The maximum absolute atomic E-state index is 8.89. The molecule has 0 fully saturated rings. The number of aliphatic carboxylic acids is 1. The standard InChI is InChI=1S/C2H3O2.Pd/c1-2(3)4;/h1H2,(H,3,4);/q-1;. The van der Waals surface area contributed by atoms with E-state index in [4.69, 9.17) is 9.90 Å². The molecule has 0 saturated heterocycles. The summed E-state index contributed by atoms with van der Waals surface area (Å²) in [5.41, 5.74) is 0. The number of carbonyl (C=O) groups is 1. The Morgan fingerprint density at radius 3 is 1.80 bits per heavy atom. The van der Waals surface area contributed by atoms with E-state index in [9.17, 15) is 0 Å². The molecule has 0 amide bonds. The zero-order chi connectivity index (χ0) is 3.58. The molecular weight excluding hydrogens is 162 g/mol. The summed E-state index contributed by atoms with van der Waals surface area (Å²) in [6.45, 7) is 2.56. The van der Waals surface area contributed by atoms with Crippen molar-refractivity contribution < 1.29 is 30.3 Å². The van der Waals surface area contributed by atoms with Crippen molar-refractivity contribution in [2.45, 2.75) is 0 Å². The van der Waals surface area contributed by atoms with Gasteiger partial charge in [0.1, 0.15) is 0 Å². The second-order valence-corrected chi connectivity index (χ2v) is 0.394. The third-order valence-electron chi connectivity index (χ3n) is 0. The van der Waals surface area contributed by atoms with Gasteiger partial charge in [0.05, 0.1) is 0 Å². The van der Waals surface area contributed by atoms with Gasteiger partial charge in [0, 0.05) is 20.4 Å². The van der Waals surface area contributed by atoms with Gasteiger partial charge in [-0.25, -0.2) is 0 Å². The third kappa shape index (κ3) is 2940000. The summed E-state index contributed by atoms with van der Waals surface area (Å²) in [7, 11) is 0. The average molecular weight is 165 g/mol. The minimum absolute atomic E-state index is 0. The molecular formula is C2H3O2Pd-. The van der Waals surface area contributed by atoms with Crippen LogP contribution in [0.4, 0.5) is 0 Å². The van der Waals surface area contributed by atoms with Gasteiger partial charge >= 0.3 is 0 Å². The average Bonchev–Trinajstić information content (AvgIpc) is 0.811. The molecule has 0 unspecified atom stereocenters. The van der Waals surface area contributed by atoms with Crippen LogP contribution in [0.3, 0.4) is 0 Å². The van der Waals surface area contributed by atoms with Crippen LogP contribution in [0.2, 0.25) is 0 Å². The first-order valence-corrected chi connectivity index (χ1v) is 0.781. The van der Waals surface area contributed by atoms with E-state index in [0.717, 1.165) is 0 Å². The largest absolute Gasteiger partial charge is 0.503 e. The van der Waals surface area contributed by atoms with Crippen LogP contribution in [0, 0.1) is 6.92 Å². The topological polar surface area (TPSA) is 37.3 Å². The second-order valence-electron chi connectivity index (χ2n) is 0.394. The molecule has 0 heterocycles. The Morgan fingerprint density at radius 2 is 1.80 bits per heavy atom. The van der Waals surface area contributed by atoms with Crippen LogP contribution >= 0.6 is 0 Å². The van der Waals surface area contributed by atoms with E-state index in [-0.39, 0.29) is 20.4 Å². The zero-order valence-electron chi connectivity index (χ0n) is 2.38. The van der Waals surface area contributed by atoms with E-state index >= 15 is 0 Å². The molecule has 0 aliphatic heterocycles. The normalized spacial score (nSPS) is 4.80. The number of hydrogen-bond donors (Lipinski definition) is 1. The van der Waals surface area contributed by atoms with Crippen LogP contribution in [0.25, 0.3) is 0 Å². The summed E-state index contributed by atoms with van der Waals surface area (Å²) in [6.07, 6.45) is 0. The molecule has 0 bridgehead atoms. The van der Waals surface area contributed by atoms with Crippen molar-refractivity contribution in [2.24, 2.45) is 0 Å². The fraction of sp³-hybridized carbons (Fsp3) is 0. The van der Waals surface area contributed by atoms with Crippen LogP contribution in [-0.2, 0) is 25.2 Å². The molecule has 0 radical (unpaired) electrons. The van der Waals surface area contributed by atoms with Gasteiger partial charge in [0.15, 0.2) is 5.97 Å². The number of hydrogen-bond acceptors (Lipinski definition) is 1. The molecule has 1 N–H and O–H groups in total. The van der Waals surface area contributed by atoms with Gasteiger partial charge in [0.25, 0.3) is 0 Å². The second kappa shape index (κ2) is 4.00. The molecule has 5 heavy (non-hydrogen) atoms. The predicted octanol–water partition coefficient (Wildman–Crippen LogP) is -0.0974. The first-order valence-electron chi connectivity index (χ1n) is 0.781. The predicted molar refractivity (Wildman–Crippen MR) is 13.0 cm³/mol. The molecule has 2 nitrogen and oxygen atoms in total. The third-order valence-corrected chi connectivity index (χ3v) is 0. The zero-order valence-corrected chi connectivity index (χ0v) is 3.93. The number of rotatable bonds is 0. The van der Waals surface area contributed by atoms with E-state index in [0.29, 0.717) is 0 Å². The number of carboxylic acid groups (broad SMARTS) is 1. The van der Waals surface area contributed by atoms with Crippen molar-refractivity contribution in [3.05, 3.63) is 6.92 Å². The minimum Gasteiger partial charge on any atom is -0.503 e. The van der Waals surface area contributed by atoms with Gasteiger partial charge in [-0.15, -0.1) is 0 Å². The van der Waals surface area contributed by atoms with Gasteiger partial charge in [-0.05, 0) is 0 Å². The molecule has 0 aromatic carbocycles. The van der Waals surface area contributed by atoms with Gasteiger partial charge < -0.3 is 5.11 Å². The molecule has 0 saturated carbocycles. The smallest absolute Gasteiger partial charge is 0.161 e. The SMILES string of the molecule is [CH2-]C(=O)O.[Pd]. The Bertz CT molecular complexity index is 30.6.